The number of hydrogen-bond donors (Lipinski definition) is 0. The van der Waals surface area contributed by atoms with Gasteiger partial charge in [0.1, 0.15) is 0 Å². The number of rotatable bonds is 1. The first-order chi connectivity index (χ1) is 8.39. The maximum absolute atomic E-state index is 6.08. The van der Waals surface area contributed by atoms with Gasteiger partial charge in [0, 0.05) is 25.2 Å². The van der Waals surface area contributed by atoms with Gasteiger partial charge in [-0.05, 0) is 19.3 Å². The highest BCUT2D eigenvalue weighted by molar-refractivity contribution is 6.63. The van der Waals surface area contributed by atoms with E-state index in [1.54, 1.807) is 0 Å². The van der Waals surface area contributed by atoms with Crippen molar-refractivity contribution < 1.29 is 13.3 Å². The second-order valence-electron chi connectivity index (χ2n) is 4.96. The molecule has 0 N–H and O–H groups in total. The fourth-order valence-electron chi connectivity index (χ4n) is 2.84. The van der Waals surface area contributed by atoms with Gasteiger partial charge in [-0.25, -0.2) is 0 Å². The van der Waals surface area contributed by atoms with E-state index in [1.165, 1.54) is 12.8 Å². The van der Waals surface area contributed by atoms with Crippen molar-refractivity contribution in [1.82, 2.24) is 4.90 Å². The molecular formula is C12H21NO3Si. The zero-order valence-electron chi connectivity index (χ0n) is 10.3. The first-order valence-corrected chi connectivity index (χ1v) is 8.50. The Labute approximate surface area is 104 Å². The molecule has 0 spiro atoms. The molecule has 3 aliphatic heterocycles. The van der Waals surface area contributed by atoms with Crippen LogP contribution in [-0.2, 0) is 13.3 Å². The van der Waals surface area contributed by atoms with Crippen LogP contribution in [0, 0.1) is 0 Å². The summed E-state index contributed by atoms with van der Waals surface area (Å²) < 4.78 is 18.2. The van der Waals surface area contributed by atoms with Crippen LogP contribution < -0.4 is 0 Å². The SMILES string of the molecule is C1=CC([Si]23OCCN(CCO2)CCO3)CCC1. The third-order valence-electron chi connectivity index (χ3n) is 3.84. The lowest BCUT2D eigenvalue weighted by atomic mass is 10.1. The Balaban J connectivity index is 1.80. The summed E-state index contributed by atoms with van der Waals surface area (Å²) in [5.41, 5.74) is 0.390. The molecule has 4 aliphatic rings. The molecule has 1 unspecified atom stereocenters. The smallest absolute Gasteiger partial charge is 0.372 e. The molecule has 0 aromatic rings. The zero-order valence-corrected chi connectivity index (χ0v) is 11.3. The molecule has 5 heteroatoms. The second kappa shape index (κ2) is 5.20. The highest BCUT2D eigenvalue weighted by Crippen LogP contribution is 2.36. The molecule has 0 radical (unpaired) electrons. The predicted molar refractivity (Wildman–Crippen MR) is 66.8 cm³/mol. The van der Waals surface area contributed by atoms with Crippen molar-refractivity contribution in [3.8, 4) is 0 Å². The van der Waals surface area contributed by atoms with E-state index in [2.05, 4.69) is 17.1 Å². The Morgan fingerprint density at radius 2 is 1.65 bits per heavy atom. The largest absolute Gasteiger partial charge is 0.508 e. The number of nitrogens with zero attached hydrogens (tertiary/aromatic N) is 1. The third-order valence-corrected chi connectivity index (χ3v) is 7.05. The molecule has 96 valence electrons. The Hall–Kier alpha value is -0.203. The van der Waals surface area contributed by atoms with E-state index in [0.717, 1.165) is 45.9 Å². The highest BCUT2D eigenvalue weighted by Gasteiger charge is 2.50. The van der Waals surface area contributed by atoms with E-state index in [1.807, 2.05) is 0 Å². The molecule has 0 amide bonds. The molecule has 1 aliphatic carbocycles. The summed E-state index contributed by atoms with van der Waals surface area (Å²) in [7, 11) is -2.44. The van der Waals surface area contributed by atoms with Gasteiger partial charge in [-0.15, -0.1) is 0 Å². The van der Waals surface area contributed by atoms with Gasteiger partial charge in [0.05, 0.1) is 19.8 Å². The second-order valence-corrected chi connectivity index (χ2v) is 7.77. The number of allylic oxidation sites excluding steroid dienone is 2. The molecule has 0 aromatic carbocycles. The fourth-order valence-corrected chi connectivity index (χ4v) is 5.79. The topological polar surface area (TPSA) is 30.9 Å². The van der Waals surface area contributed by atoms with E-state index < -0.39 is 8.80 Å². The van der Waals surface area contributed by atoms with Crippen LogP contribution in [0.25, 0.3) is 0 Å². The van der Waals surface area contributed by atoms with Crippen LogP contribution in [0.5, 0.6) is 0 Å². The van der Waals surface area contributed by atoms with Crippen LogP contribution in [0.1, 0.15) is 19.3 Å². The van der Waals surface area contributed by atoms with Crippen LogP contribution in [-0.4, -0.2) is 53.2 Å². The van der Waals surface area contributed by atoms with Gasteiger partial charge < -0.3 is 13.3 Å². The molecule has 4 rings (SSSR count). The summed E-state index contributed by atoms with van der Waals surface area (Å²) in [6.07, 6.45) is 8.12. The highest BCUT2D eigenvalue weighted by atomic mass is 28.4. The summed E-state index contributed by atoms with van der Waals surface area (Å²) in [4.78, 5) is 2.36. The monoisotopic (exact) mass is 255 g/mol. The van der Waals surface area contributed by atoms with E-state index in [9.17, 15) is 0 Å². The van der Waals surface area contributed by atoms with Crippen molar-refractivity contribution in [2.45, 2.75) is 24.8 Å². The van der Waals surface area contributed by atoms with E-state index in [4.69, 9.17) is 13.3 Å². The number of hydrogen-bond acceptors (Lipinski definition) is 4. The molecule has 1 atom stereocenters. The Morgan fingerprint density at radius 3 is 2.18 bits per heavy atom. The molecule has 3 heterocycles. The lowest BCUT2D eigenvalue weighted by molar-refractivity contribution is -0.0129. The molecule has 2 bridgehead atoms. The van der Waals surface area contributed by atoms with E-state index in [-0.39, 0.29) is 0 Å². The van der Waals surface area contributed by atoms with Gasteiger partial charge in [0.2, 0.25) is 0 Å². The van der Waals surface area contributed by atoms with E-state index >= 15 is 0 Å². The first-order valence-electron chi connectivity index (χ1n) is 6.70. The minimum absolute atomic E-state index is 0.390. The van der Waals surface area contributed by atoms with Gasteiger partial charge in [-0.3, -0.25) is 4.90 Å². The molecule has 0 saturated carbocycles. The van der Waals surface area contributed by atoms with Crippen LogP contribution >= 0.6 is 0 Å². The third kappa shape index (κ3) is 2.48. The Kier molecular flexibility index (Phi) is 3.63. The van der Waals surface area contributed by atoms with Crippen molar-refractivity contribution in [1.29, 1.82) is 0 Å². The average Bonchev–Trinajstić information content (AvgIpc) is 2.28. The lowest BCUT2D eigenvalue weighted by Gasteiger charge is -2.41. The molecule has 3 fully saturated rings. The summed E-state index contributed by atoms with van der Waals surface area (Å²) in [6, 6.07) is 0. The average molecular weight is 255 g/mol. The first kappa shape index (κ1) is 11.9. The standard InChI is InChI=1S/C12H21NO3Si/c1-2-4-12(5-3-1)17-14-9-6-13(7-10-15-17)8-11-16-17/h2,4,12H,1,3,5-11H2. The van der Waals surface area contributed by atoms with Crippen LogP contribution in [0.4, 0.5) is 0 Å². The summed E-state index contributed by atoms with van der Waals surface area (Å²) in [5, 5.41) is 0. The molecule has 0 aromatic heterocycles. The van der Waals surface area contributed by atoms with Gasteiger partial charge >= 0.3 is 8.80 Å². The van der Waals surface area contributed by atoms with E-state index in [0.29, 0.717) is 5.54 Å². The predicted octanol–water partition coefficient (Wildman–Crippen LogP) is 1.41. The van der Waals surface area contributed by atoms with Gasteiger partial charge in [0.25, 0.3) is 0 Å². The lowest BCUT2D eigenvalue weighted by Crippen LogP contribution is -2.57. The zero-order chi connectivity index (χ0) is 11.6. The van der Waals surface area contributed by atoms with Gasteiger partial charge in [-0.1, -0.05) is 12.2 Å². The maximum Gasteiger partial charge on any atom is 0.508 e. The Morgan fingerprint density at radius 1 is 1.00 bits per heavy atom. The van der Waals surface area contributed by atoms with Crippen LogP contribution in [0.3, 0.4) is 0 Å². The van der Waals surface area contributed by atoms with Crippen molar-refractivity contribution in [3.05, 3.63) is 12.2 Å². The fraction of sp³-hybridized carbons (Fsp3) is 0.833. The van der Waals surface area contributed by atoms with Crippen LogP contribution in [0.15, 0.2) is 12.2 Å². The normalized spacial score (nSPS) is 42.8. The van der Waals surface area contributed by atoms with Gasteiger partial charge in [-0.2, -0.15) is 0 Å². The van der Waals surface area contributed by atoms with Crippen molar-refractivity contribution in [2.75, 3.05) is 39.5 Å². The minimum atomic E-state index is -2.44. The van der Waals surface area contributed by atoms with Crippen molar-refractivity contribution >= 4 is 8.80 Å². The maximum atomic E-state index is 6.08. The van der Waals surface area contributed by atoms with Gasteiger partial charge in [0.15, 0.2) is 0 Å². The summed E-state index contributed by atoms with van der Waals surface area (Å²) >= 11 is 0. The number of fused-ring (bicyclic) bond motifs is 6. The molecule has 4 nitrogen and oxygen atoms in total. The van der Waals surface area contributed by atoms with Crippen LogP contribution in [0.2, 0.25) is 5.54 Å². The van der Waals surface area contributed by atoms with Crippen molar-refractivity contribution in [3.63, 3.8) is 0 Å². The molecular weight excluding hydrogens is 234 g/mol. The minimum Gasteiger partial charge on any atom is -0.372 e. The molecule has 3 saturated heterocycles. The molecule has 17 heavy (non-hydrogen) atoms. The summed E-state index contributed by atoms with van der Waals surface area (Å²) in [5.74, 6) is 0. The summed E-state index contributed by atoms with van der Waals surface area (Å²) in [6.45, 7) is 5.36. The quantitative estimate of drug-likeness (QED) is 0.524. The van der Waals surface area contributed by atoms with Crippen molar-refractivity contribution in [2.24, 2.45) is 0 Å². The Bertz CT molecular complexity index is 271.